The van der Waals surface area contributed by atoms with Gasteiger partial charge < -0.3 is 25.2 Å². The molecule has 3 aromatic carbocycles. The first-order chi connectivity index (χ1) is 19.2. The fourth-order valence-electron chi connectivity index (χ4n) is 3.73. The number of aromatic nitrogens is 3. The number of thioether (sulfide) groups is 1. The summed E-state index contributed by atoms with van der Waals surface area (Å²) in [5.41, 5.74) is 1.10. The Hall–Kier alpha value is -4.52. The smallest absolute Gasteiger partial charge is 0.416 e. The molecule has 0 amide bonds. The van der Waals surface area contributed by atoms with Crippen LogP contribution in [0.5, 0.6) is 11.5 Å². The average Bonchev–Trinajstić information content (AvgIpc) is 3.41. The first-order valence-corrected chi connectivity index (χ1v) is 13.1. The molecule has 1 unspecified atom stereocenters. The van der Waals surface area contributed by atoms with Crippen molar-refractivity contribution < 1.29 is 32.5 Å². The van der Waals surface area contributed by atoms with Crippen molar-refractivity contribution in [2.45, 2.75) is 18.0 Å². The molecule has 13 heteroatoms. The van der Waals surface area contributed by atoms with E-state index < -0.39 is 23.8 Å². The average molecular weight is 570 g/mol. The summed E-state index contributed by atoms with van der Waals surface area (Å²) in [7, 11) is 0. The molecule has 1 aliphatic rings. The number of carbonyl (C=O) groups is 1. The monoisotopic (exact) mass is 569 g/mol. The highest BCUT2D eigenvalue weighted by Crippen LogP contribution is 2.35. The molecule has 0 saturated heterocycles. The molecule has 4 aromatic rings. The Morgan fingerprint density at radius 1 is 0.950 bits per heavy atom. The Kier molecular flexibility index (Phi) is 7.91. The second-order valence-corrected chi connectivity index (χ2v) is 9.64. The number of benzene rings is 3. The van der Waals surface area contributed by atoms with E-state index in [-0.39, 0.29) is 30.3 Å². The molecule has 3 N–H and O–H groups in total. The van der Waals surface area contributed by atoms with Gasteiger partial charge in [-0.15, -0.1) is 0 Å². The van der Waals surface area contributed by atoms with Crippen molar-refractivity contribution in [3.05, 3.63) is 83.9 Å². The zero-order chi connectivity index (χ0) is 28.1. The van der Waals surface area contributed by atoms with Crippen LogP contribution in [0, 0.1) is 0 Å². The zero-order valence-corrected chi connectivity index (χ0v) is 21.5. The van der Waals surface area contributed by atoms with E-state index >= 15 is 0 Å². The van der Waals surface area contributed by atoms with Crippen molar-refractivity contribution in [3.63, 3.8) is 0 Å². The first-order valence-electron chi connectivity index (χ1n) is 12.0. The lowest BCUT2D eigenvalue weighted by atomic mass is 10.2. The maximum atomic E-state index is 13.0. The number of rotatable bonds is 10. The molecular formula is C27H22F3N5O4S. The molecule has 1 atom stereocenters. The van der Waals surface area contributed by atoms with Crippen LogP contribution in [0.2, 0.25) is 0 Å². The van der Waals surface area contributed by atoms with Crippen LogP contribution in [0.3, 0.4) is 0 Å². The maximum absolute atomic E-state index is 13.0. The lowest BCUT2D eigenvalue weighted by Gasteiger charge is -2.16. The van der Waals surface area contributed by atoms with Gasteiger partial charge in [0.1, 0.15) is 6.04 Å². The van der Waals surface area contributed by atoms with Gasteiger partial charge in [0.25, 0.3) is 0 Å². The molecular weight excluding hydrogens is 547 g/mol. The molecule has 1 aromatic heterocycles. The molecule has 0 spiro atoms. The van der Waals surface area contributed by atoms with E-state index in [0.29, 0.717) is 28.5 Å². The minimum atomic E-state index is -4.47. The summed E-state index contributed by atoms with van der Waals surface area (Å²) in [6, 6.07) is 18.1. The molecule has 0 fully saturated rings. The van der Waals surface area contributed by atoms with E-state index in [1.54, 1.807) is 18.2 Å². The summed E-state index contributed by atoms with van der Waals surface area (Å²) in [4.78, 5) is 25.1. The van der Waals surface area contributed by atoms with Crippen LogP contribution in [0.15, 0.2) is 72.8 Å². The van der Waals surface area contributed by atoms with Crippen LogP contribution in [0.1, 0.15) is 11.1 Å². The standard InChI is InChI=1S/C27H22F3N5O4S/c28-27(29,30)18-7-9-19(10-8-18)31-25-33-23(17-6-11-21-22(12-17)39-15-38-21)34-26(35-25)32-20(24(36)37)14-40-13-16-4-2-1-3-5-16/h1-12,20H,13-15H2,(H,36,37)(H2,31,32,33,34,35). The summed E-state index contributed by atoms with van der Waals surface area (Å²) in [5.74, 6) is 0.958. The Bertz CT molecular complexity index is 1490. The van der Waals surface area contributed by atoms with Gasteiger partial charge >= 0.3 is 12.1 Å². The van der Waals surface area contributed by atoms with Gasteiger partial charge in [0.2, 0.25) is 18.7 Å². The number of nitrogens with zero attached hydrogens (tertiary/aromatic N) is 3. The topological polar surface area (TPSA) is 118 Å². The molecule has 0 aliphatic carbocycles. The highest BCUT2D eigenvalue weighted by Gasteiger charge is 2.30. The summed E-state index contributed by atoms with van der Waals surface area (Å²) >= 11 is 1.43. The third kappa shape index (κ3) is 6.72. The lowest BCUT2D eigenvalue weighted by Crippen LogP contribution is -2.32. The van der Waals surface area contributed by atoms with Crippen LogP contribution >= 0.6 is 11.8 Å². The van der Waals surface area contributed by atoms with E-state index in [1.807, 2.05) is 30.3 Å². The largest absolute Gasteiger partial charge is 0.480 e. The third-order valence-electron chi connectivity index (χ3n) is 5.73. The van der Waals surface area contributed by atoms with Crippen molar-refractivity contribution in [2.24, 2.45) is 0 Å². The maximum Gasteiger partial charge on any atom is 0.416 e. The summed E-state index contributed by atoms with van der Waals surface area (Å²) in [6.45, 7) is 0.0739. The first kappa shape index (κ1) is 27.1. The molecule has 40 heavy (non-hydrogen) atoms. The van der Waals surface area contributed by atoms with E-state index in [9.17, 15) is 23.1 Å². The van der Waals surface area contributed by atoms with E-state index in [0.717, 1.165) is 17.7 Å². The highest BCUT2D eigenvalue weighted by atomic mass is 32.2. The normalized spacial score (nSPS) is 13.1. The van der Waals surface area contributed by atoms with Gasteiger partial charge in [-0.1, -0.05) is 30.3 Å². The number of carboxylic acids is 1. The van der Waals surface area contributed by atoms with Crippen LogP contribution in [-0.4, -0.2) is 44.6 Å². The van der Waals surface area contributed by atoms with Gasteiger partial charge in [-0.25, -0.2) is 4.79 Å². The minimum Gasteiger partial charge on any atom is -0.480 e. The van der Waals surface area contributed by atoms with Gasteiger partial charge in [0.05, 0.1) is 5.56 Å². The van der Waals surface area contributed by atoms with E-state index in [2.05, 4.69) is 25.6 Å². The van der Waals surface area contributed by atoms with Gasteiger partial charge in [-0.05, 0) is 48.0 Å². The number of ether oxygens (including phenoxy) is 2. The van der Waals surface area contributed by atoms with Gasteiger partial charge in [0.15, 0.2) is 17.3 Å². The van der Waals surface area contributed by atoms with Crippen LogP contribution < -0.4 is 20.1 Å². The van der Waals surface area contributed by atoms with Crippen molar-refractivity contribution >= 4 is 35.3 Å². The number of nitrogens with one attached hydrogen (secondary N) is 2. The number of aliphatic carboxylic acids is 1. The van der Waals surface area contributed by atoms with Gasteiger partial charge in [-0.2, -0.15) is 39.9 Å². The fourth-order valence-corrected chi connectivity index (χ4v) is 4.74. The molecule has 1 aliphatic heterocycles. The predicted molar refractivity (Wildman–Crippen MR) is 144 cm³/mol. The Labute approximate surface area is 230 Å². The van der Waals surface area contributed by atoms with Gasteiger partial charge in [0, 0.05) is 22.8 Å². The number of hydrogen-bond donors (Lipinski definition) is 3. The highest BCUT2D eigenvalue weighted by molar-refractivity contribution is 7.98. The minimum absolute atomic E-state index is 0.00556. The second kappa shape index (κ2) is 11.7. The van der Waals surface area contributed by atoms with Gasteiger partial charge in [-0.3, -0.25) is 0 Å². The van der Waals surface area contributed by atoms with Crippen molar-refractivity contribution in [1.29, 1.82) is 0 Å². The zero-order valence-electron chi connectivity index (χ0n) is 20.7. The molecule has 206 valence electrons. The number of halogens is 3. The Morgan fingerprint density at radius 3 is 2.40 bits per heavy atom. The summed E-state index contributed by atoms with van der Waals surface area (Å²) < 4.78 is 49.7. The molecule has 0 radical (unpaired) electrons. The summed E-state index contributed by atoms with van der Waals surface area (Å²) in [5, 5.41) is 15.6. The third-order valence-corrected chi connectivity index (χ3v) is 6.84. The Morgan fingerprint density at radius 2 is 1.68 bits per heavy atom. The number of carboxylic acid groups (broad SMARTS) is 1. The molecule has 2 heterocycles. The predicted octanol–water partition coefficient (Wildman–Crippen LogP) is 5.83. The van der Waals surface area contributed by atoms with E-state index in [1.165, 1.54) is 23.9 Å². The SMILES string of the molecule is O=C(O)C(CSCc1ccccc1)Nc1nc(Nc2ccc(C(F)(F)F)cc2)nc(-c2ccc3c(c2)OCO3)n1. The molecule has 0 bridgehead atoms. The van der Waals surface area contributed by atoms with Crippen molar-refractivity contribution in [2.75, 3.05) is 23.2 Å². The van der Waals surface area contributed by atoms with Crippen molar-refractivity contribution in [3.8, 4) is 22.9 Å². The van der Waals surface area contributed by atoms with Crippen LogP contribution in [0.25, 0.3) is 11.4 Å². The summed E-state index contributed by atoms with van der Waals surface area (Å²) in [6.07, 6.45) is -4.47. The second-order valence-electron chi connectivity index (χ2n) is 8.61. The number of hydrogen-bond acceptors (Lipinski definition) is 9. The fraction of sp³-hybridized carbons (Fsp3) is 0.185. The molecule has 9 nitrogen and oxygen atoms in total. The number of alkyl halides is 3. The van der Waals surface area contributed by atoms with Crippen LogP contribution in [0.4, 0.5) is 30.8 Å². The lowest BCUT2D eigenvalue weighted by molar-refractivity contribution is -0.138. The molecule has 0 saturated carbocycles. The Balaban J connectivity index is 1.40. The molecule has 5 rings (SSSR count). The number of fused-ring (bicyclic) bond motifs is 1. The number of anilines is 3. The quantitative estimate of drug-likeness (QED) is 0.215. The van der Waals surface area contributed by atoms with Crippen LogP contribution in [-0.2, 0) is 16.7 Å². The van der Waals surface area contributed by atoms with E-state index in [4.69, 9.17) is 9.47 Å². The van der Waals surface area contributed by atoms with Crippen molar-refractivity contribution in [1.82, 2.24) is 15.0 Å².